The van der Waals surface area contributed by atoms with Crippen LogP contribution in [0.15, 0.2) is 83.8 Å². The van der Waals surface area contributed by atoms with Crippen LogP contribution in [0.25, 0.3) is 16.5 Å². The Morgan fingerprint density at radius 2 is 1.55 bits per heavy atom. The van der Waals surface area contributed by atoms with Crippen LogP contribution in [-0.2, 0) is 0 Å². The Balaban J connectivity index is 1.76. The summed E-state index contributed by atoms with van der Waals surface area (Å²) in [5.41, 5.74) is 1.49. The Hall–Kier alpha value is -4.06. The van der Waals surface area contributed by atoms with Gasteiger partial charge in [0, 0.05) is 28.3 Å². The van der Waals surface area contributed by atoms with Gasteiger partial charge in [-0.25, -0.2) is 0 Å². The first-order chi connectivity index (χ1) is 15.1. The van der Waals surface area contributed by atoms with Gasteiger partial charge in [0.15, 0.2) is 0 Å². The molecule has 0 spiro atoms. The zero-order chi connectivity index (χ0) is 21.8. The lowest BCUT2D eigenvalue weighted by Crippen LogP contribution is -2.22. The van der Waals surface area contributed by atoms with Crippen LogP contribution in [0, 0.1) is 0 Å². The van der Waals surface area contributed by atoms with Gasteiger partial charge in [-0.05, 0) is 61.5 Å². The van der Waals surface area contributed by atoms with Crippen LogP contribution in [0.5, 0.6) is 11.5 Å². The van der Waals surface area contributed by atoms with Crippen molar-refractivity contribution in [2.45, 2.75) is 6.92 Å². The first-order valence-electron chi connectivity index (χ1n) is 9.93. The van der Waals surface area contributed by atoms with Crippen LogP contribution in [0.4, 0.5) is 5.69 Å². The summed E-state index contributed by atoms with van der Waals surface area (Å²) in [5.74, 6) is 1.12. The van der Waals surface area contributed by atoms with Crippen molar-refractivity contribution < 1.29 is 14.3 Å². The number of hydrogen-bond acceptors (Lipinski definition) is 4. The molecule has 1 aromatic heterocycles. The molecule has 1 amide bonds. The Morgan fingerprint density at radius 3 is 2.19 bits per heavy atom. The van der Waals surface area contributed by atoms with E-state index in [4.69, 9.17) is 9.47 Å². The molecule has 0 atom stereocenters. The van der Waals surface area contributed by atoms with Crippen LogP contribution in [0.2, 0.25) is 0 Å². The number of nitrogens with one attached hydrogen (secondary N) is 1. The molecule has 31 heavy (non-hydrogen) atoms. The molecule has 4 rings (SSSR count). The van der Waals surface area contributed by atoms with Gasteiger partial charge in [0.2, 0.25) is 0 Å². The van der Waals surface area contributed by atoms with Crippen LogP contribution in [0.3, 0.4) is 0 Å². The van der Waals surface area contributed by atoms with Crippen LogP contribution < -0.4 is 20.3 Å². The Labute approximate surface area is 179 Å². The number of pyridine rings is 1. The number of amides is 1. The maximum Gasteiger partial charge on any atom is 0.262 e. The predicted molar refractivity (Wildman–Crippen MR) is 122 cm³/mol. The molecule has 6 heteroatoms. The number of anilines is 1. The first kappa shape index (κ1) is 20.2. The number of fused-ring (bicyclic) bond motifs is 1. The average molecular weight is 414 g/mol. The largest absolute Gasteiger partial charge is 0.497 e. The number of hydrogen-bond donors (Lipinski definition) is 1. The van der Waals surface area contributed by atoms with Gasteiger partial charge in [-0.15, -0.1) is 0 Å². The molecule has 156 valence electrons. The summed E-state index contributed by atoms with van der Waals surface area (Å²) in [5, 5.41) is 3.97. The molecule has 6 nitrogen and oxygen atoms in total. The second-order valence-corrected chi connectivity index (χ2v) is 6.87. The van der Waals surface area contributed by atoms with Crippen molar-refractivity contribution in [2.24, 2.45) is 0 Å². The van der Waals surface area contributed by atoms with Crippen molar-refractivity contribution in [3.05, 3.63) is 94.9 Å². The van der Waals surface area contributed by atoms with E-state index in [1.54, 1.807) is 80.0 Å². The number of carbonyl (C=O) groups is 1. The maximum absolute atomic E-state index is 13.2. The summed E-state index contributed by atoms with van der Waals surface area (Å²) >= 11 is 0. The van der Waals surface area contributed by atoms with Crippen LogP contribution in [0.1, 0.15) is 17.3 Å². The van der Waals surface area contributed by atoms with Crippen LogP contribution in [-0.4, -0.2) is 24.2 Å². The van der Waals surface area contributed by atoms with E-state index < -0.39 is 0 Å². The fourth-order valence-corrected chi connectivity index (χ4v) is 3.41. The Bertz CT molecular complexity index is 1280. The lowest BCUT2D eigenvalue weighted by atomic mass is 10.1. The second kappa shape index (κ2) is 8.75. The number of rotatable bonds is 6. The molecule has 0 aliphatic carbocycles. The number of carbonyl (C=O) groups excluding carboxylic acids is 1. The van der Waals surface area contributed by atoms with Gasteiger partial charge >= 0.3 is 0 Å². The molecule has 0 unspecified atom stereocenters. The summed E-state index contributed by atoms with van der Waals surface area (Å²) in [7, 11) is 1.58. The number of aromatic nitrogens is 1. The van der Waals surface area contributed by atoms with Gasteiger partial charge in [-0.3, -0.25) is 14.2 Å². The van der Waals surface area contributed by atoms with E-state index in [1.165, 1.54) is 4.57 Å². The lowest BCUT2D eigenvalue weighted by molar-refractivity contribution is 0.102. The third-order valence-electron chi connectivity index (χ3n) is 4.94. The van der Waals surface area contributed by atoms with Gasteiger partial charge in [-0.1, -0.05) is 18.2 Å². The van der Waals surface area contributed by atoms with Gasteiger partial charge in [0.25, 0.3) is 11.5 Å². The number of nitrogens with zero attached hydrogens (tertiary/aromatic N) is 1. The molecule has 0 saturated heterocycles. The van der Waals surface area contributed by atoms with Crippen LogP contribution >= 0.6 is 0 Å². The fraction of sp³-hybridized carbons (Fsp3) is 0.120. The summed E-state index contributed by atoms with van der Waals surface area (Å²) in [4.78, 5) is 26.3. The molecule has 0 radical (unpaired) electrons. The Kier molecular flexibility index (Phi) is 5.71. The van der Waals surface area contributed by atoms with Crippen molar-refractivity contribution in [3.8, 4) is 17.2 Å². The average Bonchev–Trinajstić information content (AvgIpc) is 2.81. The first-order valence-corrected chi connectivity index (χ1v) is 9.93. The van der Waals surface area contributed by atoms with Crippen molar-refractivity contribution in [1.29, 1.82) is 0 Å². The van der Waals surface area contributed by atoms with E-state index in [2.05, 4.69) is 5.32 Å². The molecule has 3 aromatic carbocycles. The van der Waals surface area contributed by atoms with E-state index in [-0.39, 0.29) is 11.5 Å². The SMILES string of the molecule is CCOc1ccc(NC(=O)c2cn(-c3ccc(OC)cc3)c(=O)c3ccccc23)cc1. The minimum Gasteiger partial charge on any atom is -0.497 e. The minimum absolute atomic E-state index is 0.196. The Morgan fingerprint density at radius 1 is 0.903 bits per heavy atom. The third-order valence-corrected chi connectivity index (χ3v) is 4.94. The van der Waals surface area contributed by atoms with Crippen molar-refractivity contribution >= 4 is 22.4 Å². The van der Waals surface area contributed by atoms with E-state index in [1.807, 2.05) is 13.0 Å². The van der Waals surface area contributed by atoms with E-state index in [9.17, 15) is 9.59 Å². The quantitative estimate of drug-likeness (QED) is 0.499. The number of benzene rings is 3. The van der Waals surface area contributed by atoms with Crippen molar-refractivity contribution in [1.82, 2.24) is 4.57 Å². The summed E-state index contributed by atoms with van der Waals surface area (Å²) in [6, 6.07) is 21.4. The number of ether oxygens (including phenoxy) is 2. The van der Waals surface area contributed by atoms with Gasteiger partial charge in [0.1, 0.15) is 11.5 Å². The smallest absolute Gasteiger partial charge is 0.262 e. The highest BCUT2D eigenvalue weighted by atomic mass is 16.5. The molecular weight excluding hydrogens is 392 g/mol. The monoisotopic (exact) mass is 414 g/mol. The summed E-state index contributed by atoms with van der Waals surface area (Å²) < 4.78 is 12.1. The standard InChI is InChI=1S/C25H22N2O4/c1-3-31-20-12-8-17(9-13-20)26-24(28)23-16-27(18-10-14-19(30-2)15-11-18)25(29)22-7-5-4-6-21(22)23/h4-16H,3H2,1-2H3,(H,26,28). The fourth-order valence-electron chi connectivity index (χ4n) is 3.41. The normalized spacial score (nSPS) is 10.6. The topological polar surface area (TPSA) is 69.6 Å². The molecule has 0 aliphatic heterocycles. The third kappa shape index (κ3) is 4.14. The molecule has 0 bridgehead atoms. The second-order valence-electron chi connectivity index (χ2n) is 6.87. The van der Waals surface area contributed by atoms with E-state index >= 15 is 0 Å². The van der Waals surface area contributed by atoms with Gasteiger partial charge < -0.3 is 14.8 Å². The molecular formula is C25H22N2O4. The predicted octanol–water partition coefficient (Wildman–Crippen LogP) is 4.65. The van der Waals surface area contributed by atoms with E-state index in [0.717, 1.165) is 5.75 Å². The highest BCUT2D eigenvalue weighted by molar-refractivity contribution is 6.12. The number of methoxy groups -OCH3 is 1. The summed E-state index contributed by atoms with van der Waals surface area (Å²) in [6.45, 7) is 2.49. The van der Waals surface area contributed by atoms with Crippen molar-refractivity contribution in [3.63, 3.8) is 0 Å². The van der Waals surface area contributed by atoms with Crippen molar-refractivity contribution in [2.75, 3.05) is 19.0 Å². The maximum atomic E-state index is 13.2. The van der Waals surface area contributed by atoms with E-state index in [0.29, 0.717) is 40.1 Å². The van der Waals surface area contributed by atoms with Gasteiger partial charge in [0.05, 0.1) is 19.3 Å². The molecule has 0 saturated carbocycles. The minimum atomic E-state index is -0.303. The zero-order valence-corrected chi connectivity index (χ0v) is 17.3. The summed E-state index contributed by atoms with van der Waals surface area (Å²) in [6.07, 6.45) is 1.58. The highest BCUT2D eigenvalue weighted by Gasteiger charge is 2.16. The molecule has 0 aliphatic rings. The van der Waals surface area contributed by atoms with Gasteiger partial charge in [-0.2, -0.15) is 0 Å². The highest BCUT2D eigenvalue weighted by Crippen LogP contribution is 2.21. The molecule has 4 aromatic rings. The molecule has 0 fully saturated rings. The lowest BCUT2D eigenvalue weighted by Gasteiger charge is -2.13. The molecule has 1 N–H and O–H groups in total. The molecule has 1 heterocycles. The zero-order valence-electron chi connectivity index (χ0n) is 17.3.